The van der Waals surface area contributed by atoms with Crippen molar-refractivity contribution in [3.8, 4) is 5.75 Å². The Bertz CT molecular complexity index is 847. The van der Waals surface area contributed by atoms with Gasteiger partial charge in [-0.25, -0.2) is 0 Å². The van der Waals surface area contributed by atoms with Crippen molar-refractivity contribution < 1.29 is 32.1 Å². The fourth-order valence-electron chi connectivity index (χ4n) is 1.94. The van der Waals surface area contributed by atoms with Gasteiger partial charge in [-0.3, -0.25) is 0 Å². The average molecular weight is 372 g/mol. The molecular weight excluding hydrogens is 362 g/mol. The summed E-state index contributed by atoms with van der Waals surface area (Å²) in [6.45, 7) is 6.68. The van der Waals surface area contributed by atoms with Crippen LogP contribution in [0.15, 0.2) is 33.1 Å². The summed E-state index contributed by atoms with van der Waals surface area (Å²) in [6.07, 6.45) is 0. The van der Waals surface area contributed by atoms with Gasteiger partial charge in [0.25, 0.3) is 0 Å². The van der Waals surface area contributed by atoms with Crippen LogP contribution in [0.25, 0.3) is 10.8 Å². The number of aliphatic imine (C=N–C) groups is 2. The molecule has 0 radical (unpaired) electrons. The van der Waals surface area contributed by atoms with Gasteiger partial charge in [0.05, 0.1) is 0 Å². The van der Waals surface area contributed by atoms with E-state index in [2.05, 4.69) is 23.4 Å². The number of aromatic hydroxyl groups is 1. The van der Waals surface area contributed by atoms with Crippen molar-refractivity contribution in [3.63, 3.8) is 0 Å². The van der Waals surface area contributed by atoms with Crippen molar-refractivity contribution in [1.29, 1.82) is 0 Å². The van der Waals surface area contributed by atoms with Gasteiger partial charge in [-0.1, -0.05) is 0 Å². The van der Waals surface area contributed by atoms with Gasteiger partial charge in [0.15, 0.2) is 0 Å². The third-order valence-corrected chi connectivity index (χ3v) is 5.01. The predicted octanol–water partition coefficient (Wildman–Crippen LogP) is 2.03. The fourth-order valence-corrected chi connectivity index (χ4v) is 3.54. The number of hydrogen-bond donors (Lipinski definition) is 2. The van der Waals surface area contributed by atoms with Crippen molar-refractivity contribution in [2.24, 2.45) is 9.98 Å². The Hall–Kier alpha value is -1.72. The molecule has 0 saturated heterocycles. The van der Waals surface area contributed by atoms with Crippen LogP contribution in [0.2, 0.25) is 0 Å². The first-order valence-corrected chi connectivity index (χ1v) is 9.15. The molecule has 0 saturated carbocycles. The third kappa shape index (κ3) is 2.23. The van der Waals surface area contributed by atoms with Crippen molar-refractivity contribution in [2.75, 3.05) is 5.73 Å². The van der Waals surface area contributed by atoms with E-state index in [1.54, 1.807) is 12.1 Å². The van der Waals surface area contributed by atoms with Crippen LogP contribution in [0.5, 0.6) is 5.75 Å². The summed E-state index contributed by atoms with van der Waals surface area (Å²) in [6, 6.07) is 4.61. The molecule has 0 bridgehead atoms. The molecule has 0 aromatic heterocycles. The van der Waals surface area contributed by atoms with Crippen LogP contribution in [0.1, 0.15) is 0 Å². The first-order chi connectivity index (χ1) is 9.31. The second-order valence-electron chi connectivity index (χ2n) is 3.94. The molecule has 103 valence electrons. The average Bonchev–Trinajstić information content (AvgIpc) is 2.37. The van der Waals surface area contributed by atoms with Gasteiger partial charge < -0.3 is 0 Å². The molecular formula is C12H10MoN3O3S. The van der Waals surface area contributed by atoms with E-state index in [0.717, 1.165) is 18.5 Å². The number of benzene rings is 2. The number of fused-ring (bicyclic) bond motifs is 1. The van der Waals surface area contributed by atoms with Gasteiger partial charge in [0, 0.05) is 0 Å². The summed E-state index contributed by atoms with van der Waals surface area (Å²) < 4.78 is 23.5. The van der Waals surface area contributed by atoms with E-state index in [9.17, 15) is 13.5 Å². The maximum absolute atomic E-state index is 11.8. The molecule has 0 aliphatic heterocycles. The van der Waals surface area contributed by atoms with E-state index in [1.165, 1.54) is 6.07 Å². The summed E-state index contributed by atoms with van der Waals surface area (Å²) in [7, 11) is -3.55. The molecule has 0 amide bonds. The molecule has 8 heteroatoms. The van der Waals surface area contributed by atoms with Gasteiger partial charge >= 0.3 is 125 Å². The normalized spacial score (nSPS) is 11.4. The molecule has 3 N–H and O–H groups in total. The molecule has 2 aromatic rings. The summed E-state index contributed by atoms with van der Waals surface area (Å²) in [5, 5.41) is 11.0. The number of phenols is 1. The van der Waals surface area contributed by atoms with Gasteiger partial charge in [-0.2, -0.15) is 0 Å². The molecule has 0 aliphatic carbocycles. The van der Waals surface area contributed by atoms with Gasteiger partial charge in [-0.15, -0.1) is 0 Å². The number of nitrogens with zero attached hydrogens (tertiary/aromatic N) is 2. The van der Waals surface area contributed by atoms with Crippen LogP contribution in [0, 0.1) is 0 Å². The molecule has 2 rings (SSSR count). The van der Waals surface area contributed by atoms with Gasteiger partial charge in [0.1, 0.15) is 0 Å². The van der Waals surface area contributed by atoms with Crippen molar-refractivity contribution in [1.82, 2.24) is 0 Å². The maximum atomic E-state index is 11.8. The van der Waals surface area contributed by atoms with Crippen molar-refractivity contribution in [2.45, 2.75) is 4.90 Å². The second-order valence-corrected chi connectivity index (χ2v) is 8.52. The monoisotopic (exact) mass is 374 g/mol. The zero-order valence-corrected chi connectivity index (χ0v) is 13.0. The Labute approximate surface area is 125 Å². The predicted molar refractivity (Wildman–Crippen MR) is 75.6 cm³/mol. The molecule has 0 atom stereocenters. The van der Waals surface area contributed by atoms with Crippen molar-refractivity contribution >= 4 is 48.8 Å². The number of rotatable bonds is 3. The number of hydrogen-bond acceptors (Lipinski definition) is 6. The van der Waals surface area contributed by atoms with Crippen LogP contribution in [0.4, 0.5) is 17.1 Å². The molecule has 20 heavy (non-hydrogen) atoms. The van der Waals surface area contributed by atoms with Crippen LogP contribution in [-0.4, -0.2) is 27.0 Å². The van der Waals surface area contributed by atoms with E-state index < -0.39 is 7.54 Å². The topological polar surface area (TPSA) is 105 Å². The standard InChI is InChI=1S/C12H10N3O3S.Mo/c1-14-7-4-3-6-5-8(19(17)18)11(15-2)12(16)9(6)10(7)13;/h3-5,16H,1-2,13H2;. The van der Waals surface area contributed by atoms with Crippen LogP contribution < -0.4 is 5.73 Å². The Kier molecular flexibility index (Phi) is 3.67. The van der Waals surface area contributed by atoms with E-state index >= 15 is 0 Å². The molecule has 2 aromatic carbocycles. The summed E-state index contributed by atoms with van der Waals surface area (Å²) in [4.78, 5) is 7.25. The van der Waals surface area contributed by atoms with Crippen LogP contribution in [-0.2, 0) is 26.1 Å². The molecule has 0 fully saturated rings. The van der Waals surface area contributed by atoms with E-state index in [4.69, 9.17) is 5.73 Å². The Morgan fingerprint density at radius 3 is 2.40 bits per heavy atom. The van der Waals surface area contributed by atoms with Gasteiger partial charge in [0.2, 0.25) is 0 Å². The van der Waals surface area contributed by atoms with E-state index in [-0.39, 0.29) is 27.4 Å². The molecule has 6 nitrogen and oxygen atoms in total. The van der Waals surface area contributed by atoms with Gasteiger partial charge in [-0.05, 0) is 0 Å². The Balaban J connectivity index is 3.06. The van der Waals surface area contributed by atoms with Crippen LogP contribution in [0.3, 0.4) is 0 Å². The van der Waals surface area contributed by atoms with E-state index in [0.29, 0.717) is 11.1 Å². The molecule has 0 unspecified atom stereocenters. The van der Waals surface area contributed by atoms with E-state index in [1.807, 2.05) is 0 Å². The molecule has 0 spiro atoms. The number of nitrogen functional groups attached to an aromatic ring is 1. The Morgan fingerprint density at radius 2 is 1.90 bits per heavy atom. The molecule has 0 heterocycles. The fraction of sp³-hybridized carbons (Fsp3) is 0. The Morgan fingerprint density at radius 1 is 1.25 bits per heavy atom. The quantitative estimate of drug-likeness (QED) is 0.489. The zero-order valence-electron chi connectivity index (χ0n) is 10.2. The third-order valence-electron chi connectivity index (χ3n) is 2.83. The van der Waals surface area contributed by atoms with Crippen LogP contribution >= 0.6 is 0 Å². The number of anilines is 1. The molecule has 0 aliphatic rings. The summed E-state index contributed by atoms with van der Waals surface area (Å²) >= 11 is 0.952. The number of nitrogens with two attached hydrogens (primary N) is 1. The SMILES string of the molecule is C=Nc1ccc2cc([S](=O)(=O)[Mo])c(N=C)c(O)c2c1N. The zero-order chi connectivity index (χ0) is 15.1. The minimum absolute atomic E-state index is 0.0963. The summed E-state index contributed by atoms with van der Waals surface area (Å²) in [5.41, 5.74) is 6.40. The van der Waals surface area contributed by atoms with Crippen molar-refractivity contribution in [3.05, 3.63) is 18.2 Å². The second kappa shape index (κ2) is 4.99. The minimum atomic E-state index is -3.55. The summed E-state index contributed by atoms with van der Waals surface area (Å²) in [5.74, 6) is -0.331. The first kappa shape index (κ1) is 14.7. The first-order valence-electron chi connectivity index (χ1n) is 5.28. The number of phenolic OH excluding ortho intramolecular Hbond substituents is 1.